The van der Waals surface area contributed by atoms with Gasteiger partial charge in [-0.2, -0.15) is 0 Å². The first kappa shape index (κ1) is 14.7. The predicted octanol–water partition coefficient (Wildman–Crippen LogP) is 1.56. The van der Waals surface area contributed by atoms with Crippen molar-refractivity contribution in [3.05, 3.63) is 59.9 Å². The lowest BCUT2D eigenvalue weighted by Crippen LogP contribution is -2.25. The third kappa shape index (κ3) is 2.89. The second-order valence-corrected chi connectivity index (χ2v) is 5.10. The zero-order valence-corrected chi connectivity index (χ0v) is 12.3. The van der Waals surface area contributed by atoms with Crippen LogP contribution in [0.25, 0.3) is 0 Å². The van der Waals surface area contributed by atoms with E-state index in [0.717, 1.165) is 4.90 Å². The number of urea groups is 1. The number of nitrogens with one attached hydrogen (secondary N) is 2. The largest absolute Gasteiger partial charge is 0.324 e. The molecule has 0 aliphatic carbocycles. The first-order chi connectivity index (χ1) is 11.1. The highest BCUT2D eigenvalue weighted by atomic mass is 16.2. The molecule has 2 N–H and O–H groups in total. The second kappa shape index (κ2) is 5.88. The zero-order valence-electron chi connectivity index (χ0n) is 12.3. The molecule has 1 atom stereocenters. The molecule has 1 unspecified atom stereocenters. The van der Waals surface area contributed by atoms with Crippen molar-refractivity contribution in [1.29, 1.82) is 0 Å². The molecule has 2 aromatic rings. The van der Waals surface area contributed by atoms with E-state index in [9.17, 15) is 14.4 Å². The average Bonchev–Trinajstić information content (AvgIpc) is 2.83. The topological polar surface area (TPSA) is 91.4 Å². The third-order valence-corrected chi connectivity index (χ3v) is 3.55. The summed E-state index contributed by atoms with van der Waals surface area (Å²) in [6.07, 6.45) is 3.05. The van der Waals surface area contributed by atoms with Crippen molar-refractivity contribution in [1.82, 2.24) is 15.2 Å². The fourth-order valence-corrected chi connectivity index (χ4v) is 2.30. The minimum absolute atomic E-state index is 0.297. The Hall–Kier alpha value is -3.22. The van der Waals surface area contributed by atoms with Gasteiger partial charge in [0.15, 0.2) is 0 Å². The zero-order chi connectivity index (χ0) is 16.4. The molecule has 1 aliphatic rings. The van der Waals surface area contributed by atoms with Crippen LogP contribution in [0.3, 0.4) is 0 Å². The van der Waals surface area contributed by atoms with E-state index in [1.165, 1.54) is 13.2 Å². The minimum atomic E-state index is -0.734. The summed E-state index contributed by atoms with van der Waals surface area (Å²) in [5.74, 6) is -0.625. The molecule has 23 heavy (non-hydrogen) atoms. The van der Waals surface area contributed by atoms with Gasteiger partial charge in [-0.15, -0.1) is 0 Å². The van der Waals surface area contributed by atoms with Crippen LogP contribution in [-0.4, -0.2) is 34.8 Å². The van der Waals surface area contributed by atoms with E-state index in [0.29, 0.717) is 16.8 Å². The number of aromatic nitrogens is 1. The maximum absolute atomic E-state index is 12.1. The highest BCUT2D eigenvalue weighted by molar-refractivity contribution is 6.05. The number of pyridine rings is 1. The number of nitrogens with zero attached hydrogens (tertiary/aromatic N) is 2. The van der Waals surface area contributed by atoms with Gasteiger partial charge < -0.3 is 10.6 Å². The van der Waals surface area contributed by atoms with Gasteiger partial charge in [-0.1, -0.05) is 12.1 Å². The lowest BCUT2D eigenvalue weighted by atomic mass is 10.1. The normalized spacial score (nSPS) is 17.1. The van der Waals surface area contributed by atoms with Crippen LogP contribution in [0.2, 0.25) is 0 Å². The van der Waals surface area contributed by atoms with Gasteiger partial charge in [0.25, 0.3) is 11.8 Å². The number of benzene rings is 1. The first-order valence-corrected chi connectivity index (χ1v) is 6.95. The van der Waals surface area contributed by atoms with Gasteiger partial charge in [-0.05, 0) is 29.8 Å². The fourth-order valence-electron chi connectivity index (χ4n) is 2.30. The molecule has 1 aromatic heterocycles. The van der Waals surface area contributed by atoms with Crippen molar-refractivity contribution < 1.29 is 14.4 Å². The summed E-state index contributed by atoms with van der Waals surface area (Å²) in [7, 11) is 1.42. The van der Waals surface area contributed by atoms with Gasteiger partial charge >= 0.3 is 6.03 Å². The standard InChI is InChI=1S/C16H14N4O3/c1-20-15(22)13(19-16(20)23)10-4-2-6-12(8-10)18-14(21)11-5-3-7-17-9-11/h2-9,13H,1H3,(H,18,21)(H,19,23). The van der Waals surface area contributed by atoms with E-state index >= 15 is 0 Å². The Bertz CT molecular complexity index is 776. The molecule has 7 heteroatoms. The fraction of sp³-hybridized carbons (Fsp3) is 0.125. The maximum Gasteiger partial charge on any atom is 0.324 e. The minimum Gasteiger partial charge on any atom is -0.322 e. The number of amides is 4. The number of carbonyl (C=O) groups excluding carboxylic acids is 3. The maximum atomic E-state index is 12.1. The van der Waals surface area contributed by atoms with Crippen molar-refractivity contribution >= 4 is 23.5 Å². The third-order valence-electron chi connectivity index (χ3n) is 3.55. The Morgan fingerprint density at radius 3 is 2.74 bits per heavy atom. The molecule has 0 saturated carbocycles. The average molecular weight is 310 g/mol. The number of likely N-dealkylation sites (N-methyl/N-ethyl adjacent to an activating group) is 1. The summed E-state index contributed by atoms with van der Waals surface area (Å²) < 4.78 is 0. The Labute approximate surface area is 132 Å². The quantitative estimate of drug-likeness (QED) is 0.842. The lowest BCUT2D eigenvalue weighted by molar-refractivity contribution is -0.126. The van der Waals surface area contributed by atoms with Gasteiger partial charge in [0, 0.05) is 25.1 Å². The number of rotatable bonds is 3. The van der Waals surface area contributed by atoms with Crippen LogP contribution in [-0.2, 0) is 4.79 Å². The van der Waals surface area contributed by atoms with Crippen LogP contribution in [0.1, 0.15) is 22.0 Å². The van der Waals surface area contributed by atoms with Crippen LogP contribution in [0.5, 0.6) is 0 Å². The molecule has 0 spiro atoms. The van der Waals surface area contributed by atoms with Gasteiger partial charge in [0.2, 0.25) is 0 Å². The van der Waals surface area contributed by atoms with E-state index in [2.05, 4.69) is 15.6 Å². The molecule has 1 fully saturated rings. The summed E-state index contributed by atoms with van der Waals surface area (Å²) in [6, 6.07) is 8.97. The molecule has 1 saturated heterocycles. The molecular formula is C16H14N4O3. The molecule has 116 valence electrons. The highest BCUT2D eigenvalue weighted by Gasteiger charge is 2.36. The van der Waals surface area contributed by atoms with Crippen LogP contribution in [0.15, 0.2) is 48.8 Å². The van der Waals surface area contributed by atoms with E-state index in [4.69, 9.17) is 0 Å². The van der Waals surface area contributed by atoms with Crippen LogP contribution < -0.4 is 10.6 Å². The number of carbonyl (C=O) groups is 3. The number of imide groups is 1. The Morgan fingerprint density at radius 1 is 1.26 bits per heavy atom. The Kier molecular flexibility index (Phi) is 3.76. The van der Waals surface area contributed by atoms with Gasteiger partial charge in [-0.25, -0.2) is 4.79 Å². The van der Waals surface area contributed by atoms with E-state index in [1.807, 2.05) is 0 Å². The van der Waals surface area contributed by atoms with E-state index in [-0.39, 0.29) is 11.8 Å². The van der Waals surface area contributed by atoms with Crippen LogP contribution in [0.4, 0.5) is 10.5 Å². The molecule has 0 radical (unpaired) electrons. The summed E-state index contributed by atoms with van der Waals surface area (Å²) in [5, 5.41) is 5.34. The second-order valence-electron chi connectivity index (χ2n) is 5.10. The van der Waals surface area contributed by atoms with Crippen LogP contribution in [0, 0.1) is 0 Å². The summed E-state index contributed by atoms with van der Waals surface area (Å²) in [6.45, 7) is 0. The predicted molar refractivity (Wildman–Crippen MR) is 82.7 cm³/mol. The van der Waals surface area contributed by atoms with Crippen LogP contribution >= 0.6 is 0 Å². The molecular weight excluding hydrogens is 296 g/mol. The first-order valence-electron chi connectivity index (χ1n) is 6.95. The monoisotopic (exact) mass is 310 g/mol. The molecule has 3 rings (SSSR count). The Morgan fingerprint density at radius 2 is 2.09 bits per heavy atom. The van der Waals surface area contributed by atoms with Crippen molar-refractivity contribution in [3.8, 4) is 0 Å². The Balaban J connectivity index is 1.80. The SMILES string of the molecule is CN1C(=O)NC(c2cccc(NC(=O)c3cccnc3)c2)C1=O. The van der Waals surface area contributed by atoms with Crippen molar-refractivity contribution in [2.24, 2.45) is 0 Å². The smallest absolute Gasteiger partial charge is 0.322 e. The van der Waals surface area contributed by atoms with Crippen molar-refractivity contribution in [2.45, 2.75) is 6.04 Å². The number of hydrogen-bond acceptors (Lipinski definition) is 4. The number of anilines is 1. The number of hydrogen-bond donors (Lipinski definition) is 2. The van der Waals surface area contributed by atoms with Gasteiger partial charge in [0.05, 0.1) is 5.56 Å². The van der Waals surface area contributed by atoms with Gasteiger partial charge in [-0.3, -0.25) is 19.5 Å². The molecule has 1 aliphatic heterocycles. The molecule has 0 bridgehead atoms. The van der Waals surface area contributed by atoms with Crippen molar-refractivity contribution in [2.75, 3.05) is 12.4 Å². The van der Waals surface area contributed by atoms with Gasteiger partial charge in [0.1, 0.15) is 6.04 Å². The van der Waals surface area contributed by atoms with E-state index < -0.39 is 12.1 Å². The molecule has 4 amide bonds. The van der Waals surface area contributed by atoms with E-state index in [1.54, 1.807) is 42.6 Å². The summed E-state index contributed by atoms with van der Waals surface area (Å²) in [5.41, 5.74) is 1.58. The molecule has 7 nitrogen and oxygen atoms in total. The summed E-state index contributed by atoms with van der Waals surface area (Å²) >= 11 is 0. The molecule has 1 aromatic carbocycles. The molecule has 2 heterocycles. The summed E-state index contributed by atoms with van der Waals surface area (Å²) in [4.78, 5) is 40.6. The highest BCUT2D eigenvalue weighted by Crippen LogP contribution is 2.23. The lowest BCUT2D eigenvalue weighted by Gasteiger charge is -2.11. The van der Waals surface area contributed by atoms with Crippen molar-refractivity contribution in [3.63, 3.8) is 0 Å².